The highest BCUT2D eigenvalue weighted by Crippen LogP contribution is 2.29. The molecule has 0 aliphatic carbocycles. The SMILES string of the molecule is CCCN(CC(C)C)C(=O)c1ccc(C(F)(F)F)cc1. The van der Waals surface area contributed by atoms with Crippen LogP contribution >= 0.6 is 0 Å². The Morgan fingerprint density at radius 2 is 1.75 bits per heavy atom. The maximum Gasteiger partial charge on any atom is 0.416 e. The standard InChI is InChI=1S/C15H20F3NO/c1-4-9-19(10-11(2)3)14(20)12-5-7-13(8-6-12)15(16,17)18/h5-8,11H,4,9-10H2,1-3H3. The molecule has 0 N–H and O–H groups in total. The fourth-order valence-corrected chi connectivity index (χ4v) is 1.97. The molecular weight excluding hydrogens is 267 g/mol. The van der Waals surface area contributed by atoms with Crippen LogP contribution in [-0.4, -0.2) is 23.9 Å². The monoisotopic (exact) mass is 287 g/mol. The molecule has 0 unspecified atom stereocenters. The van der Waals surface area contributed by atoms with Crippen LogP contribution in [0.4, 0.5) is 13.2 Å². The van der Waals surface area contributed by atoms with Gasteiger partial charge in [0.15, 0.2) is 0 Å². The molecule has 0 atom stereocenters. The Kier molecular flexibility index (Phi) is 5.60. The second kappa shape index (κ2) is 6.77. The number of benzene rings is 1. The van der Waals surface area contributed by atoms with E-state index in [0.29, 0.717) is 24.6 Å². The Balaban J connectivity index is 2.89. The van der Waals surface area contributed by atoms with Gasteiger partial charge >= 0.3 is 6.18 Å². The summed E-state index contributed by atoms with van der Waals surface area (Å²) in [5.74, 6) is 0.106. The molecule has 0 spiro atoms. The molecule has 0 saturated heterocycles. The van der Waals surface area contributed by atoms with Crippen molar-refractivity contribution in [3.8, 4) is 0 Å². The van der Waals surface area contributed by atoms with Crippen molar-refractivity contribution in [2.45, 2.75) is 33.4 Å². The molecule has 0 bridgehead atoms. The van der Waals surface area contributed by atoms with E-state index in [9.17, 15) is 18.0 Å². The number of halogens is 3. The van der Waals surface area contributed by atoms with Gasteiger partial charge in [-0.1, -0.05) is 20.8 Å². The van der Waals surface area contributed by atoms with Crippen LogP contribution in [0.2, 0.25) is 0 Å². The fourth-order valence-electron chi connectivity index (χ4n) is 1.97. The first-order chi connectivity index (χ1) is 9.25. The third-order valence-corrected chi connectivity index (χ3v) is 2.83. The summed E-state index contributed by atoms with van der Waals surface area (Å²) in [4.78, 5) is 14.0. The van der Waals surface area contributed by atoms with Gasteiger partial charge in [0.1, 0.15) is 0 Å². The van der Waals surface area contributed by atoms with Crippen molar-refractivity contribution in [2.75, 3.05) is 13.1 Å². The smallest absolute Gasteiger partial charge is 0.338 e. The van der Waals surface area contributed by atoms with E-state index in [-0.39, 0.29) is 5.91 Å². The van der Waals surface area contributed by atoms with E-state index in [1.165, 1.54) is 12.1 Å². The normalized spacial score (nSPS) is 11.8. The average Bonchev–Trinajstić information content (AvgIpc) is 2.36. The Labute approximate surface area is 117 Å². The van der Waals surface area contributed by atoms with Crippen molar-refractivity contribution in [1.29, 1.82) is 0 Å². The minimum atomic E-state index is -4.37. The van der Waals surface area contributed by atoms with Gasteiger partial charge in [-0.25, -0.2) is 0 Å². The Hall–Kier alpha value is -1.52. The molecular formula is C15H20F3NO. The molecule has 0 aliphatic heterocycles. The second-order valence-corrected chi connectivity index (χ2v) is 5.22. The molecule has 2 nitrogen and oxygen atoms in total. The van der Waals surface area contributed by atoms with Gasteiger partial charge in [-0.3, -0.25) is 4.79 Å². The van der Waals surface area contributed by atoms with Crippen molar-refractivity contribution in [3.05, 3.63) is 35.4 Å². The number of carbonyl (C=O) groups is 1. The van der Waals surface area contributed by atoms with Crippen molar-refractivity contribution < 1.29 is 18.0 Å². The van der Waals surface area contributed by atoms with E-state index in [1.807, 2.05) is 20.8 Å². The van der Waals surface area contributed by atoms with Crippen LogP contribution < -0.4 is 0 Å². The van der Waals surface area contributed by atoms with Gasteiger partial charge in [-0.2, -0.15) is 13.2 Å². The Morgan fingerprint density at radius 1 is 1.20 bits per heavy atom. The maximum atomic E-state index is 12.5. The molecule has 20 heavy (non-hydrogen) atoms. The molecule has 0 radical (unpaired) electrons. The summed E-state index contributed by atoms with van der Waals surface area (Å²) in [5.41, 5.74) is -0.438. The quantitative estimate of drug-likeness (QED) is 0.794. The first-order valence-corrected chi connectivity index (χ1v) is 6.72. The van der Waals surface area contributed by atoms with E-state index in [1.54, 1.807) is 4.90 Å². The van der Waals surface area contributed by atoms with Gasteiger partial charge in [-0.05, 0) is 36.6 Å². The van der Waals surface area contributed by atoms with E-state index >= 15 is 0 Å². The van der Waals surface area contributed by atoms with E-state index in [2.05, 4.69) is 0 Å². The molecule has 1 amide bonds. The van der Waals surface area contributed by atoms with Crippen LogP contribution in [0, 0.1) is 5.92 Å². The van der Waals surface area contributed by atoms with Crippen LogP contribution in [0.1, 0.15) is 43.1 Å². The first kappa shape index (κ1) is 16.5. The van der Waals surface area contributed by atoms with Crippen molar-refractivity contribution in [1.82, 2.24) is 4.90 Å². The number of nitrogens with zero attached hydrogens (tertiary/aromatic N) is 1. The lowest BCUT2D eigenvalue weighted by Crippen LogP contribution is -2.34. The van der Waals surface area contributed by atoms with Crippen molar-refractivity contribution in [3.63, 3.8) is 0 Å². The van der Waals surface area contributed by atoms with Gasteiger partial charge in [-0.15, -0.1) is 0 Å². The molecule has 1 aromatic carbocycles. The van der Waals surface area contributed by atoms with E-state index in [4.69, 9.17) is 0 Å². The molecule has 0 aromatic heterocycles. The summed E-state index contributed by atoms with van der Waals surface area (Å²) in [7, 11) is 0. The van der Waals surface area contributed by atoms with Gasteiger partial charge in [0, 0.05) is 18.7 Å². The van der Waals surface area contributed by atoms with E-state index < -0.39 is 11.7 Å². The van der Waals surface area contributed by atoms with Crippen LogP contribution in [0.15, 0.2) is 24.3 Å². The summed E-state index contributed by atoms with van der Waals surface area (Å²) in [6.07, 6.45) is -3.55. The van der Waals surface area contributed by atoms with Crippen LogP contribution in [0.3, 0.4) is 0 Å². The summed E-state index contributed by atoms with van der Waals surface area (Å²) in [6, 6.07) is 4.39. The van der Waals surface area contributed by atoms with E-state index in [0.717, 1.165) is 18.6 Å². The Morgan fingerprint density at radius 3 is 2.15 bits per heavy atom. The van der Waals surface area contributed by atoms with Crippen molar-refractivity contribution >= 4 is 5.91 Å². The molecule has 1 rings (SSSR count). The van der Waals surface area contributed by atoms with Gasteiger partial charge in [0.25, 0.3) is 5.91 Å². The highest BCUT2D eigenvalue weighted by atomic mass is 19.4. The zero-order valence-electron chi connectivity index (χ0n) is 12.0. The third-order valence-electron chi connectivity index (χ3n) is 2.83. The lowest BCUT2D eigenvalue weighted by molar-refractivity contribution is -0.137. The van der Waals surface area contributed by atoms with Gasteiger partial charge in [0.2, 0.25) is 0 Å². The lowest BCUT2D eigenvalue weighted by atomic mass is 10.1. The minimum Gasteiger partial charge on any atom is -0.338 e. The van der Waals surface area contributed by atoms with Crippen molar-refractivity contribution in [2.24, 2.45) is 5.92 Å². The Bertz CT molecular complexity index is 437. The molecule has 1 aromatic rings. The van der Waals surface area contributed by atoms with Gasteiger partial charge in [0.05, 0.1) is 5.56 Å². The number of rotatable bonds is 5. The molecule has 5 heteroatoms. The summed E-state index contributed by atoms with van der Waals surface area (Å²) < 4.78 is 37.4. The summed E-state index contributed by atoms with van der Waals surface area (Å²) in [6.45, 7) is 7.18. The highest BCUT2D eigenvalue weighted by molar-refractivity contribution is 5.94. The highest BCUT2D eigenvalue weighted by Gasteiger charge is 2.30. The fraction of sp³-hybridized carbons (Fsp3) is 0.533. The van der Waals surface area contributed by atoms with Crippen LogP contribution in [0.25, 0.3) is 0 Å². The molecule has 112 valence electrons. The predicted octanol–water partition coefficient (Wildman–Crippen LogP) is 4.21. The number of carbonyl (C=O) groups excluding carboxylic acids is 1. The number of hydrogen-bond donors (Lipinski definition) is 0. The molecule has 0 fully saturated rings. The molecule has 0 saturated carbocycles. The number of amides is 1. The topological polar surface area (TPSA) is 20.3 Å². The molecule has 0 aliphatic rings. The lowest BCUT2D eigenvalue weighted by Gasteiger charge is -2.24. The molecule has 0 heterocycles. The number of alkyl halides is 3. The van der Waals surface area contributed by atoms with Gasteiger partial charge < -0.3 is 4.90 Å². The number of hydrogen-bond acceptors (Lipinski definition) is 1. The first-order valence-electron chi connectivity index (χ1n) is 6.72. The second-order valence-electron chi connectivity index (χ2n) is 5.22. The average molecular weight is 287 g/mol. The predicted molar refractivity (Wildman–Crippen MR) is 72.5 cm³/mol. The third kappa shape index (κ3) is 4.54. The van der Waals surface area contributed by atoms with Crippen LogP contribution in [-0.2, 0) is 6.18 Å². The summed E-state index contributed by atoms with van der Waals surface area (Å²) >= 11 is 0. The zero-order valence-corrected chi connectivity index (χ0v) is 12.0. The van der Waals surface area contributed by atoms with Crippen LogP contribution in [0.5, 0.6) is 0 Å². The maximum absolute atomic E-state index is 12.5. The summed E-state index contributed by atoms with van der Waals surface area (Å²) in [5, 5.41) is 0. The largest absolute Gasteiger partial charge is 0.416 e. The zero-order chi connectivity index (χ0) is 15.3. The minimum absolute atomic E-state index is 0.214.